The van der Waals surface area contributed by atoms with Gasteiger partial charge in [0.25, 0.3) is 0 Å². The van der Waals surface area contributed by atoms with Gasteiger partial charge >= 0.3 is 0 Å². The van der Waals surface area contributed by atoms with Crippen LogP contribution in [0.15, 0.2) is 36.4 Å². The van der Waals surface area contributed by atoms with Crippen LogP contribution in [0.1, 0.15) is 75.7 Å². The predicted octanol–water partition coefficient (Wildman–Crippen LogP) is 5.85. The maximum absolute atomic E-state index is 13.0. The number of aliphatic hydroxyl groups is 1. The van der Waals surface area contributed by atoms with Crippen LogP contribution in [-0.2, 0) is 11.2 Å². The van der Waals surface area contributed by atoms with Crippen molar-refractivity contribution in [1.29, 1.82) is 0 Å². The Morgan fingerprint density at radius 3 is 2.36 bits per heavy atom. The monoisotopic (exact) mass is 473 g/mol. The van der Waals surface area contributed by atoms with Gasteiger partial charge in [-0.15, -0.1) is 0 Å². The minimum Gasteiger partial charge on any atom is -0.493 e. The molecule has 0 spiro atoms. The molecule has 0 aromatic heterocycles. The van der Waals surface area contributed by atoms with E-state index in [1.54, 1.807) is 43.5 Å². The predicted molar refractivity (Wildman–Crippen MR) is 132 cm³/mol. The first-order chi connectivity index (χ1) is 15.8. The van der Waals surface area contributed by atoms with E-state index in [-0.39, 0.29) is 24.5 Å². The Bertz CT molecular complexity index is 920. The molecule has 2 N–H and O–H groups in total. The van der Waals surface area contributed by atoms with E-state index < -0.39 is 6.10 Å². The van der Waals surface area contributed by atoms with E-state index in [0.29, 0.717) is 33.2 Å². The van der Waals surface area contributed by atoms with Crippen molar-refractivity contribution in [2.45, 2.75) is 77.5 Å². The molecule has 0 radical (unpaired) electrons. The number of carbonyl (C=O) groups excluding carboxylic acids is 1. The highest BCUT2D eigenvalue weighted by Crippen LogP contribution is 2.37. The van der Waals surface area contributed by atoms with E-state index >= 15 is 0 Å². The second kappa shape index (κ2) is 11.8. The third-order valence-electron chi connectivity index (χ3n) is 6.41. The Hall–Kier alpha value is -2.24. The molecule has 1 saturated carbocycles. The zero-order valence-electron chi connectivity index (χ0n) is 20.1. The number of hydrogen-bond donors (Lipinski definition) is 2. The molecule has 0 saturated heterocycles. The van der Waals surface area contributed by atoms with E-state index in [9.17, 15) is 9.90 Å². The summed E-state index contributed by atoms with van der Waals surface area (Å²) in [4.78, 5) is 13.0. The smallest absolute Gasteiger partial charge is 0.224 e. The van der Waals surface area contributed by atoms with Gasteiger partial charge in [0.15, 0.2) is 11.5 Å². The van der Waals surface area contributed by atoms with Crippen molar-refractivity contribution in [3.05, 3.63) is 58.1 Å². The fraction of sp³-hybridized carbons (Fsp3) is 0.519. The minimum atomic E-state index is -0.925. The summed E-state index contributed by atoms with van der Waals surface area (Å²) in [6, 6.07) is 10.9. The normalized spacial score (nSPS) is 19.2. The van der Waals surface area contributed by atoms with Gasteiger partial charge in [0, 0.05) is 11.1 Å². The van der Waals surface area contributed by atoms with Crippen molar-refractivity contribution in [1.82, 2.24) is 5.32 Å². The van der Waals surface area contributed by atoms with Crippen LogP contribution in [0.5, 0.6) is 11.5 Å². The highest BCUT2D eigenvalue weighted by molar-refractivity contribution is 6.30. The molecule has 1 aliphatic rings. The molecule has 33 heavy (non-hydrogen) atoms. The number of halogens is 1. The number of nitrogens with one attached hydrogen (secondary N) is 1. The third kappa shape index (κ3) is 6.87. The number of hydrogen-bond acceptors (Lipinski definition) is 4. The second-order valence-electron chi connectivity index (χ2n) is 9.19. The summed E-state index contributed by atoms with van der Waals surface area (Å²) in [6.45, 7) is 6.10. The molecule has 2 aromatic rings. The molecule has 2 aromatic carbocycles. The van der Waals surface area contributed by atoms with Crippen LogP contribution in [0.2, 0.25) is 5.02 Å². The standard InChI is InChI=1S/C27H36ClNO4/c1-5-18-6-12-22(13-7-18)29-26(30)15-20-14-24(32-4)25(33-17(2)3)16-23(20)27(31)19-8-10-21(28)11-9-19/h8-11,14,16-18,22,27,31H,5-7,12-13,15H2,1-4H3,(H,29,30). The number of methoxy groups -OCH3 is 1. The lowest BCUT2D eigenvalue weighted by molar-refractivity contribution is -0.121. The van der Waals surface area contributed by atoms with Crippen molar-refractivity contribution in [3.63, 3.8) is 0 Å². The van der Waals surface area contributed by atoms with Gasteiger partial charge in [0.1, 0.15) is 6.10 Å². The Morgan fingerprint density at radius 2 is 1.79 bits per heavy atom. The Morgan fingerprint density at radius 1 is 1.12 bits per heavy atom. The summed E-state index contributed by atoms with van der Waals surface area (Å²) in [5, 5.41) is 15.0. The Kier molecular flexibility index (Phi) is 9.04. The topological polar surface area (TPSA) is 67.8 Å². The van der Waals surface area contributed by atoms with E-state index in [2.05, 4.69) is 12.2 Å². The molecular weight excluding hydrogens is 438 g/mol. The molecule has 180 valence electrons. The van der Waals surface area contributed by atoms with Crippen LogP contribution in [0.4, 0.5) is 0 Å². The molecule has 1 aliphatic carbocycles. The average Bonchev–Trinajstić information content (AvgIpc) is 2.80. The molecule has 0 aliphatic heterocycles. The van der Waals surface area contributed by atoms with Gasteiger partial charge in [-0.1, -0.05) is 37.1 Å². The quantitative estimate of drug-likeness (QED) is 0.479. The van der Waals surface area contributed by atoms with Crippen LogP contribution in [0.25, 0.3) is 0 Å². The number of amides is 1. The first-order valence-electron chi connectivity index (χ1n) is 11.9. The lowest BCUT2D eigenvalue weighted by Crippen LogP contribution is -2.38. The van der Waals surface area contributed by atoms with Crippen molar-refractivity contribution >= 4 is 17.5 Å². The first-order valence-corrected chi connectivity index (χ1v) is 12.3. The first kappa shape index (κ1) is 25.4. The second-order valence-corrected chi connectivity index (χ2v) is 9.63. The van der Waals surface area contributed by atoms with Crippen molar-refractivity contribution in [2.75, 3.05) is 7.11 Å². The van der Waals surface area contributed by atoms with Crippen molar-refractivity contribution < 1.29 is 19.4 Å². The van der Waals surface area contributed by atoms with Gasteiger partial charge in [-0.3, -0.25) is 4.79 Å². The molecule has 3 rings (SSSR count). The maximum Gasteiger partial charge on any atom is 0.224 e. The number of carbonyl (C=O) groups is 1. The fourth-order valence-electron chi connectivity index (χ4n) is 4.52. The van der Waals surface area contributed by atoms with Crippen LogP contribution in [-0.4, -0.2) is 30.3 Å². The molecular formula is C27H36ClNO4. The summed E-state index contributed by atoms with van der Waals surface area (Å²) in [6.07, 6.45) is 4.75. The minimum absolute atomic E-state index is 0.0425. The van der Waals surface area contributed by atoms with Crippen LogP contribution >= 0.6 is 11.6 Å². The largest absolute Gasteiger partial charge is 0.493 e. The van der Waals surface area contributed by atoms with Gasteiger partial charge in [-0.2, -0.15) is 0 Å². The number of aliphatic hydroxyl groups excluding tert-OH is 1. The molecule has 6 heteroatoms. The lowest BCUT2D eigenvalue weighted by Gasteiger charge is -2.28. The highest BCUT2D eigenvalue weighted by atomic mass is 35.5. The van der Waals surface area contributed by atoms with Gasteiger partial charge in [0.05, 0.1) is 19.6 Å². The zero-order valence-corrected chi connectivity index (χ0v) is 20.8. The Balaban J connectivity index is 1.86. The summed E-state index contributed by atoms with van der Waals surface area (Å²) in [7, 11) is 1.58. The number of rotatable bonds is 9. The Labute approximate surface area is 202 Å². The highest BCUT2D eigenvalue weighted by Gasteiger charge is 2.24. The van der Waals surface area contributed by atoms with E-state index in [1.165, 1.54) is 6.42 Å². The van der Waals surface area contributed by atoms with E-state index in [4.69, 9.17) is 21.1 Å². The van der Waals surface area contributed by atoms with Crippen LogP contribution < -0.4 is 14.8 Å². The molecule has 5 nitrogen and oxygen atoms in total. The zero-order chi connectivity index (χ0) is 24.0. The molecule has 1 unspecified atom stereocenters. The number of benzene rings is 2. The van der Waals surface area contributed by atoms with Gasteiger partial charge < -0.3 is 19.9 Å². The SMILES string of the molecule is CCC1CCC(NC(=O)Cc2cc(OC)c(OC(C)C)cc2C(O)c2ccc(Cl)cc2)CC1. The summed E-state index contributed by atoms with van der Waals surface area (Å²) in [5.41, 5.74) is 2.03. The van der Waals surface area contributed by atoms with Crippen LogP contribution in [0, 0.1) is 5.92 Å². The van der Waals surface area contributed by atoms with Crippen molar-refractivity contribution in [2.24, 2.45) is 5.92 Å². The van der Waals surface area contributed by atoms with E-state index in [0.717, 1.165) is 31.6 Å². The van der Waals surface area contributed by atoms with Gasteiger partial charge in [0.2, 0.25) is 5.91 Å². The summed E-state index contributed by atoms with van der Waals surface area (Å²) in [5.74, 6) is 1.82. The average molecular weight is 474 g/mol. The van der Waals surface area contributed by atoms with Gasteiger partial charge in [-0.25, -0.2) is 0 Å². The van der Waals surface area contributed by atoms with E-state index in [1.807, 2.05) is 13.8 Å². The molecule has 1 amide bonds. The van der Waals surface area contributed by atoms with Crippen molar-refractivity contribution in [3.8, 4) is 11.5 Å². The summed E-state index contributed by atoms with van der Waals surface area (Å²) >= 11 is 6.02. The molecule has 0 bridgehead atoms. The summed E-state index contributed by atoms with van der Waals surface area (Å²) < 4.78 is 11.5. The lowest BCUT2D eigenvalue weighted by atomic mass is 9.84. The fourth-order valence-corrected chi connectivity index (χ4v) is 4.65. The third-order valence-corrected chi connectivity index (χ3v) is 6.66. The molecule has 1 atom stereocenters. The molecule has 0 heterocycles. The van der Waals surface area contributed by atoms with Gasteiger partial charge in [-0.05, 0) is 86.4 Å². The maximum atomic E-state index is 13.0. The molecule has 1 fully saturated rings. The van der Waals surface area contributed by atoms with Crippen LogP contribution in [0.3, 0.4) is 0 Å². The number of ether oxygens (including phenoxy) is 2.